The molecular formula is C9H24N2. The highest BCUT2D eigenvalue weighted by Gasteiger charge is 1.82. The van der Waals surface area contributed by atoms with Crippen molar-refractivity contribution < 1.29 is 0 Å². The average molecular weight is 160 g/mol. The molecule has 0 aromatic carbocycles. The minimum Gasteiger partial charge on any atom is -0.318 e. The molecule has 0 saturated carbocycles. The van der Waals surface area contributed by atoms with Gasteiger partial charge in [-0.25, -0.2) is 0 Å². The van der Waals surface area contributed by atoms with Gasteiger partial charge in [-0.2, -0.15) is 0 Å². The Balaban J connectivity index is 0. The Morgan fingerprint density at radius 3 is 1.36 bits per heavy atom. The second kappa shape index (κ2) is 9.92. The van der Waals surface area contributed by atoms with Crippen LogP contribution >= 0.6 is 0 Å². The number of rotatable bonds is 3. The Hall–Kier alpha value is -0.0800. The first kappa shape index (κ1) is 13.5. The summed E-state index contributed by atoms with van der Waals surface area (Å²) in [6, 6.07) is 1.28. The van der Waals surface area contributed by atoms with Gasteiger partial charge in [-0.1, -0.05) is 34.6 Å². The van der Waals surface area contributed by atoms with E-state index in [0.717, 1.165) is 6.54 Å². The molecule has 0 aromatic heterocycles. The van der Waals surface area contributed by atoms with Crippen molar-refractivity contribution in [3.05, 3.63) is 0 Å². The van der Waals surface area contributed by atoms with Gasteiger partial charge in [0.2, 0.25) is 0 Å². The van der Waals surface area contributed by atoms with Crippen molar-refractivity contribution in [3.8, 4) is 0 Å². The quantitative estimate of drug-likeness (QED) is 0.655. The zero-order valence-corrected chi connectivity index (χ0v) is 8.86. The van der Waals surface area contributed by atoms with E-state index in [0.29, 0.717) is 12.1 Å². The molecule has 0 amide bonds. The van der Waals surface area contributed by atoms with Crippen molar-refractivity contribution in [1.29, 1.82) is 0 Å². The van der Waals surface area contributed by atoms with Gasteiger partial charge in [0.05, 0.1) is 0 Å². The van der Waals surface area contributed by atoms with Gasteiger partial charge in [-0.15, -0.1) is 0 Å². The van der Waals surface area contributed by atoms with Crippen LogP contribution in [0.3, 0.4) is 0 Å². The molecule has 0 aliphatic rings. The van der Waals surface area contributed by atoms with Gasteiger partial charge in [0.25, 0.3) is 0 Å². The van der Waals surface area contributed by atoms with Gasteiger partial charge in [0.1, 0.15) is 0 Å². The Kier molecular flexibility index (Phi) is 12.2. The van der Waals surface area contributed by atoms with Crippen molar-refractivity contribution >= 4 is 0 Å². The lowest BCUT2D eigenvalue weighted by molar-refractivity contribution is 0.613. The summed E-state index contributed by atoms with van der Waals surface area (Å²) >= 11 is 0. The molecule has 0 unspecified atom stereocenters. The SMILES string of the molecule is CCNC(C)C.CNC(C)C. The molecule has 11 heavy (non-hydrogen) atoms. The molecule has 0 spiro atoms. The van der Waals surface area contributed by atoms with Crippen LogP contribution in [0.5, 0.6) is 0 Å². The molecular weight excluding hydrogens is 136 g/mol. The average Bonchev–Trinajstić information content (AvgIpc) is 1.89. The second-order valence-electron chi connectivity index (χ2n) is 3.16. The summed E-state index contributed by atoms with van der Waals surface area (Å²) in [7, 11) is 1.95. The molecule has 2 heteroatoms. The van der Waals surface area contributed by atoms with Crippen LogP contribution in [0.15, 0.2) is 0 Å². The lowest BCUT2D eigenvalue weighted by atomic mass is 10.4. The normalized spacial score (nSPS) is 9.82. The third-order valence-electron chi connectivity index (χ3n) is 1.19. The molecule has 0 rings (SSSR count). The van der Waals surface area contributed by atoms with E-state index >= 15 is 0 Å². The van der Waals surface area contributed by atoms with Crippen molar-refractivity contribution in [2.24, 2.45) is 0 Å². The first-order valence-electron chi connectivity index (χ1n) is 4.45. The molecule has 0 bridgehead atoms. The Labute approximate surface area is 71.8 Å². The van der Waals surface area contributed by atoms with E-state index in [2.05, 4.69) is 45.3 Å². The van der Waals surface area contributed by atoms with E-state index in [1.54, 1.807) is 0 Å². The minimum atomic E-state index is 0.634. The molecule has 0 aliphatic carbocycles. The summed E-state index contributed by atoms with van der Waals surface area (Å²) in [5.74, 6) is 0. The van der Waals surface area contributed by atoms with E-state index in [1.165, 1.54) is 0 Å². The summed E-state index contributed by atoms with van der Waals surface area (Å²) in [5.41, 5.74) is 0. The van der Waals surface area contributed by atoms with Gasteiger partial charge in [0.15, 0.2) is 0 Å². The molecule has 0 aromatic rings. The maximum Gasteiger partial charge on any atom is 0.00102 e. The molecule has 70 valence electrons. The van der Waals surface area contributed by atoms with Crippen LogP contribution in [0.4, 0.5) is 0 Å². The van der Waals surface area contributed by atoms with Crippen LogP contribution in [0.2, 0.25) is 0 Å². The summed E-state index contributed by atoms with van der Waals surface area (Å²) in [6.45, 7) is 11.7. The van der Waals surface area contributed by atoms with E-state index in [9.17, 15) is 0 Å². The molecule has 0 saturated heterocycles. The smallest absolute Gasteiger partial charge is 0.00102 e. The van der Waals surface area contributed by atoms with E-state index in [1.807, 2.05) is 7.05 Å². The summed E-state index contributed by atoms with van der Waals surface area (Å²) in [5, 5.41) is 6.24. The molecule has 0 heterocycles. The zero-order valence-electron chi connectivity index (χ0n) is 8.86. The molecule has 0 aliphatic heterocycles. The third kappa shape index (κ3) is 25.7. The minimum absolute atomic E-state index is 0.634. The number of hydrogen-bond donors (Lipinski definition) is 2. The maximum absolute atomic E-state index is 3.21. The maximum atomic E-state index is 3.21. The fourth-order valence-corrected chi connectivity index (χ4v) is 0.408. The lowest BCUT2D eigenvalue weighted by Gasteiger charge is -2.00. The van der Waals surface area contributed by atoms with Gasteiger partial charge in [-0.3, -0.25) is 0 Å². The predicted octanol–water partition coefficient (Wildman–Crippen LogP) is 1.62. The van der Waals surface area contributed by atoms with E-state index in [4.69, 9.17) is 0 Å². The summed E-state index contributed by atoms with van der Waals surface area (Å²) in [6.07, 6.45) is 0. The van der Waals surface area contributed by atoms with Crippen LogP contribution in [0.1, 0.15) is 34.6 Å². The molecule has 0 radical (unpaired) electrons. The first-order chi connectivity index (χ1) is 5.04. The topological polar surface area (TPSA) is 24.1 Å². The highest BCUT2D eigenvalue weighted by atomic mass is 14.9. The number of nitrogens with one attached hydrogen (secondary N) is 2. The van der Waals surface area contributed by atoms with Crippen molar-refractivity contribution in [2.45, 2.75) is 46.7 Å². The van der Waals surface area contributed by atoms with Gasteiger partial charge >= 0.3 is 0 Å². The van der Waals surface area contributed by atoms with Gasteiger partial charge in [-0.05, 0) is 13.6 Å². The van der Waals surface area contributed by atoms with Crippen LogP contribution in [-0.2, 0) is 0 Å². The first-order valence-corrected chi connectivity index (χ1v) is 4.45. The Morgan fingerprint density at radius 1 is 1.00 bits per heavy atom. The Morgan fingerprint density at radius 2 is 1.36 bits per heavy atom. The summed E-state index contributed by atoms with van der Waals surface area (Å²) < 4.78 is 0. The third-order valence-corrected chi connectivity index (χ3v) is 1.19. The van der Waals surface area contributed by atoms with E-state index in [-0.39, 0.29) is 0 Å². The highest BCUT2D eigenvalue weighted by molar-refractivity contribution is 4.46. The fraction of sp³-hybridized carbons (Fsp3) is 1.00. The monoisotopic (exact) mass is 160 g/mol. The van der Waals surface area contributed by atoms with E-state index < -0.39 is 0 Å². The highest BCUT2D eigenvalue weighted by Crippen LogP contribution is 1.70. The fourth-order valence-electron chi connectivity index (χ4n) is 0.408. The predicted molar refractivity (Wildman–Crippen MR) is 53.0 cm³/mol. The zero-order chi connectivity index (χ0) is 9.28. The second-order valence-corrected chi connectivity index (χ2v) is 3.16. The van der Waals surface area contributed by atoms with Crippen LogP contribution in [0, 0.1) is 0 Å². The summed E-state index contributed by atoms with van der Waals surface area (Å²) in [4.78, 5) is 0. The van der Waals surface area contributed by atoms with Crippen molar-refractivity contribution in [3.63, 3.8) is 0 Å². The Bertz CT molecular complexity index is 60.6. The number of hydrogen-bond acceptors (Lipinski definition) is 2. The van der Waals surface area contributed by atoms with Crippen LogP contribution in [-0.4, -0.2) is 25.7 Å². The van der Waals surface area contributed by atoms with Crippen molar-refractivity contribution in [2.75, 3.05) is 13.6 Å². The molecule has 0 atom stereocenters. The van der Waals surface area contributed by atoms with Crippen LogP contribution < -0.4 is 10.6 Å². The largest absolute Gasteiger partial charge is 0.318 e. The molecule has 2 nitrogen and oxygen atoms in total. The van der Waals surface area contributed by atoms with Gasteiger partial charge in [0, 0.05) is 12.1 Å². The standard InChI is InChI=1S/C5H13N.C4H11N/c1-4-6-5(2)3;1-4(2)5-3/h5-6H,4H2,1-3H3;4-5H,1-3H3. The van der Waals surface area contributed by atoms with Crippen molar-refractivity contribution in [1.82, 2.24) is 10.6 Å². The van der Waals surface area contributed by atoms with Gasteiger partial charge < -0.3 is 10.6 Å². The lowest BCUT2D eigenvalue weighted by Crippen LogP contribution is -2.21. The molecule has 0 fully saturated rings. The molecule has 2 N–H and O–H groups in total. The van der Waals surface area contributed by atoms with Crippen LogP contribution in [0.25, 0.3) is 0 Å².